The van der Waals surface area contributed by atoms with E-state index in [0.717, 1.165) is 36.3 Å². The summed E-state index contributed by atoms with van der Waals surface area (Å²) in [5.41, 5.74) is 2.41. The Morgan fingerprint density at radius 3 is 2.00 bits per heavy atom. The molecule has 5 rings (SSSR count). The van der Waals surface area contributed by atoms with Crippen LogP contribution in [0.2, 0.25) is 10.3 Å². The van der Waals surface area contributed by atoms with Crippen LogP contribution < -0.4 is 10.3 Å². The zero-order chi connectivity index (χ0) is 39.0. The van der Waals surface area contributed by atoms with E-state index in [0.29, 0.717) is 40.4 Å². The molecule has 3 heterocycles. The molecule has 0 bridgehead atoms. The van der Waals surface area contributed by atoms with Crippen molar-refractivity contribution in [2.75, 3.05) is 39.5 Å². The number of rotatable bonds is 15. The maximum atomic E-state index is 14.5. The molecule has 0 radical (unpaired) electrons. The van der Waals surface area contributed by atoms with Gasteiger partial charge in [-0.2, -0.15) is 18.2 Å². The van der Waals surface area contributed by atoms with Gasteiger partial charge >= 0.3 is 12.2 Å². The van der Waals surface area contributed by atoms with Gasteiger partial charge in [-0.1, -0.05) is 73.4 Å². The lowest BCUT2D eigenvalue weighted by Crippen LogP contribution is -2.40. The summed E-state index contributed by atoms with van der Waals surface area (Å²) in [5, 5.41) is 0.702. The summed E-state index contributed by atoms with van der Waals surface area (Å²) < 4.78 is 46.1. The van der Waals surface area contributed by atoms with Gasteiger partial charge < -0.3 is 19.1 Å². The predicted molar refractivity (Wildman–Crippen MR) is 205 cm³/mol. The highest BCUT2D eigenvalue weighted by Gasteiger charge is 2.30. The van der Waals surface area contributed by atoms with Crippen LogP contribution in [-0.2, 0) is 30.5 Å². The van der Waals surface area contributed by atoms with Crippen molar-refractivity contribution in [3.63, 3.8) is 0 Å². The smallest absolute Gasteiger partial charge is 0.416 e. The van der Waals surface area contributed by atoms with Gasteiger partial charge in [0, 0.05) is 44.0 Å². The Morgan fingerprint density at radius 2 is 1.46 bits per heavy atom. The van der Waals surface area contributed by atoms with Crippen molar-refractivity contribution in [2.45, 2.75) is 44.6 Å². The fraction of sp³-hybridized carbons (Fsp3) is 0.316. The van der Waals surface area contributed by atoms with Gasteiger partial charge in [0.05, 0.1) is 23.3 Å². The van der Waals surface area contributed by atoms with Crippen molar-refractivity contribution in [1.82, 2.24) is 34.3 Å². The molecular weight excluding hydrogens is 762 g/mol. The summed E-state index contributed by atoms with van der Waals surface area (Å²) in [4.78, 5) is 49.0. The Balaban J connectivity index is 1.51. The number of ether oxygens (including phenoxy) is 1. The second-order valence-corrected chi connectivity index (χ2v) is 13.8. The van der Waals surface area contributed by atoms with Crippen molar-refractivity contribution in [2.24, 2.45) is 0 Å². The van der Waals surface area contributed by atoms with Gasteiger partial charge in [-0.05, 0) is 65.9 Å². The molecule has 54 heavy (non-hydrogen) atoms. The standard InChI is InChI=1S/C38H38Cl2F3N7O3S/c1-5-48(6-2)15-16-49(22-24-7-9-26(10-8-24)27-11-13-29(14-12-27)38(41,42)43)33(51)23-50-34(28-18-31(39)46-32(40)19-28)47-35(52)30(36(50)54-4)17-25-20-44-37(53-3)45-21-25/h7-14,18-21H,5-6,15-17,22-23H2,1-4H3. The van der Waals surface area contributed by atoms with Gasteiger partial charge in [0.2, 0.25) is 5.91 Å². The van der Waals surface area contributed by atoms with Gasteiger partial charge in [-0.15, -0.1) is 11.8 Å². The summed E-state index contributed by atoms with van der Waals surface area (Å²) in [7, 11) is 1.46. The molecule has 10 nitrogen and oxygen atoms in total. The Hall–Kier alpha value is -4.50. The SMILES string of the molecule is CCN(CC)CCN(Cc1ccc(-c2ccc(C(F)(F)F)cc2)cc1)C(=O)Cn1c(-c2cc(Cl)nc(Cl)c2)nc(=O)c(Cc2cnc(OC)nc2)c1SC. The van der Waals surface area contributed by atoms with Crippen LogP contribution in [-0.4, -0.2) is 79.8 Å². The Bertz CT molecular complexity index is 2090. The largest absolute Gasteiger partial charge is 0.467 e. The van der Waals surface area contributed by atoms with E-state index in [9.17, 15) is 22.8 Å². The van der Waals surface area contributed by atoms with Gasteiger partial charge in [-0.3, -0.25) is 9.59 Å². The second kappa shape index (κ2) is 18.2. The van der Waals surface area contributed by atoms with E-state index >= 15 is 0 Å². The number of carbonyl (C=O) groups is 1. The Kier molecular flexibility index (Phi) is 13.7. The molecule has 0 aliphatic heterocycles. The number of carbonyl (C=O) groups excluding carboxylic acids is 1. The van der Waals surface area contributed by atoms with Crippen LogP contribution in [0.1, 0.15) is 36.1 Å². The molecule has 0 atom stereocenters. The number of hydrogen-bond donors (Lipinski definition) is 0. The lowest BCUT2D eigenvalue weighted by Gasteiger charge is -2.28. The van der Waals surface area contributed by atoms with E-state index in [1.54, 1.807) is 21.9 Å². The van der Waals surface area contributed by atoms with Gasteiger partial charge in [0.25, 0.3) is 5.56 Å². The number of alkyl halides is 3. The van der Waals surface area contributed by atoms with E-state index in [1.165, 1.54) is 43.1 Å². The normalized spacial score (nSPS) is 11.6. The summed E-state index contributed by atoms with van der Waals surface area (Å²) in [6.07, 6.45) is 0.682. The minimum absolute atomic E-state index is 0.0929. The third kappa shape index (κ3) is 10.2. The summed E-state index contributed by atoms with van der Waals surface area (Å²) in [6, 6.07) is 15.6. The Labute approximate surface area is 325 Å². The molecule has 0 saturated carbocycles. The first-order chi connectivity index (χ1) is 25.8. The quantitative estimate of drug-likeness (QED) is 0.0597. The van der Waals surface area contributed by atoms with Crippen LogP contribution in [0.5, 0.6) is 6.01 Å². The molecule has 1 amide bonds. The number of nitrogens with zero attached hydrogens (tertiary/aromatic N) is 7. The lowest BCUT2D eigenvalue weighted by atomic mass is 10.0. The first kappa shape index (κ1) is 40.7. The van der Waals surface area contributed by atoms with Crippen LogP contribution >= 0.6 is 35.0 Å². The van der Waals surface area contributed by atoms with Gasteiger partial charge in [-0.25, -0.2) is 15.0 Å². The molecule has 0 spiro atoms. The molecule has 3 aromatic heterocycles. The molecule has 284 valence electrons. The first-order valence-electron chi connectivity index (χ1n) is 17.0. The molecule has 5 aromatic rings. The number of halogens is 5. The van der Waals surface area contributed by atoms with Gasteiger partial charge in [0.15, 0.2) is 0 Å². The van der Waals surface area contributed by atoms with E-state index in [-0.39, 0.29) is 47.6 Å². The predicted octanol–water partition coefficient (Wildman–Crippen LogP) is 7.78. The molecule has 0 unspecified atom stereocenters. The second-order valence-electron chi connectivity index (χ2n) is 12.2. The minimum atomic E-state index is -4.42. The number of hydrogen-bond acceptors (Lipinski definition) is 9. The number of methoxy groups -OCH3 is 1. The molecule has 2 aromatic carbocycles. The van der Waals surface area contributed by atoms with E-state index in [2.05, 4.69) is 38.7 Å². The van der Waals surface area contributed by atoms with Crippen LogP contribution in [0.15, 0.2) is 82.9 Å². The van der Waals surface area contributed by atoms with Gasteiger partial charge in [0.1, 0.15) is 22.7 Å². The monoisotopic (exact) mass is 799 g/mol. The average molecular weight is 801 g/mol. The fourth-order valence-corrected chi connectivity index (χ4v) is 7.11. The van der Waals surface area contributed by atoms with Crippen LogP contribution in [0.3, 0.4) is 0 Å². The Morgan fingerprint density at radius 1 is 0.870 bits per heavy atom. The highest BCUT2D eigenvalue weighted by atomic mass is 35.5. The molecule has 0 N–H and O–H groups in total. The zero-order valence-corrected chi connectivity index (χ0v) is 32.4. The summed E-state index contributed by atoms with van der Waals surface area (Å²) >= 11 is 13.9. The summed E-state index contributed by atoms with van der Waals surface area (Å²) in [5.74, 6) is -0.0378. The van der Waals surface area contributed by atoms with E-state index in [1.807, 2.05) is 30.5 Å². The van der Waals surface area contributed by atoms with E-state index < -0.39 is 17.3 Å². The van der Waals surface area contributed by atoms with Crippen molar-refractivity contribution in [3.8, 4) is 28.5 Å². The maximum Gasteiger partial charge on any atom is 0.416 e. The fourth-order valence-electron chi connectivity index (χ4n) is 5.87. The molecule has 16 heteroatoms. The third-order valence-electron chi connectivity index (χ3n) is 8.78. The number of amides is 1. The van der Waals surface area contributed by atoms with Crippen LogP contribution in [0.4, 0.5) is 13.2 Å². The third-order valence-corrected chi connectivity index (χ3v) is 10.0. The van der Waals surface area contributed by atoms with Crippen molar-refractivity contribution in [1.29, 1.82) is 0 Å². The van der Waals surface area contributed by atoms with Crippen LogP contribution in [0, 0.1) is 0 Å². The molecular formula is C38H38Cl2F3N7O3S. The zero-order valence-electron chi connectivity index (χ0n) is 30.0. The van der Waals surface area contributed by atoms with Crippen molar-refractivity contribution >= 4 is 40.9 Å². The number of pyridine rings is 1. The average Bonchev–Trinajstić information content (AvgIpc) is 3.15. The number of likely N-dealkylation sites (N-methyl/N-ethyl adjacent to an activating group) is 1. The molecule has 0 fully saturated rings. The number of benzene rings is 2. The first-order valence-corrected chi connectivity index (χ1v) is 18.9. The molecule has 0 saturated heterocycles. The minimum Gasteiger partial charge on any atom is -0.467 e. The molecule has 0 aliphatic carbocycles. The lowest BCUT2D eigenvalue weighted by molar-refractivity contribution is -0.137. The van der Waals surface area contributed by atoms with Crippen molar-refractivity contribution in [3.05, 3.63) is 116 Å². The topological polar surface area (TPSA) is 106 Å². The van der Waals surface area contributed by atoms with Crippen LogP contribution in [0.25, 0.3) is 22.5 Å². The highest BCUT2D eigenvalue weighted by molar-refractivity contribution is 7.98. The summed E-state index contributed by atoms with van der Waals surface area (Å²) in [6.45, 7) is 6.81. The molecule has 0 aliphatic rings. The number of aromatic nitrogens is 5. The maximum absolute atomic E-state index is 14.5. The van der Waals surface area contributed by atoms with Crippen molar-refractivity contribution < 1.29 is 22.7 Å². The highest BCUT2D eigenvalue weighted by Crippen LogP contribution is 2.32. The van der Waals surface area contributed by atoms with E-state index in [4.69, 9.17) is 27.9 Å². The number of thioether (sulfide) groups is 1.